The highest BCUT2D eigenvalue weighted by molar-refractivity contribution is 7.90. The van der Waals surface area contributed by atoms with E-state index in [1.807, 2.05) is 6.07 Å². The summed E-state index contributed by atoms with van der Waals surface area (Å²) in [7, 11) is -10.9. The number of anilines is 3. The fourth-order valence-corrected chi connectivity index (χ4v) is 12.6. The van der Waals surface area contributed by atoms with Crippen LogP contribution in [-0.4, -0.2) is 77.6 Å². The molecule has 6 heterocycles. The van der Waals surface area contributed by atoms with E-state index in [-0.39, 0.29) is 51.0 Å². The number of hydrogen-bond acceptors (Lipinski definition) is 22. The van der Waals surface area contributed by atoms with Crippen LogP contribution in [0, 0.1) is 43.4 Å². The molecule has 8 aromatic rings. The van der Waals surface area contributed by atoms with Gasteiger partial charge in [-0.15, -0.1) is 0 Å². The van der Waals surface area contributed by atoms with Crippen LogP contribution in [0.15, 0.2) is 126 Å². The van der Waals surface area contributed by atoms with Crippen LogP contribution in [-0.2, 0) is 54.0 Å². The molecular weight excluding hydrogens is 1160 g/mol. The maximum Gasteiger partial charge on any atom is 0.328 e. The number of nitrogens with one attached hydrogen (secondary N) is 6. The van der Waals surface area contributed by atoms with Crippen LogP contribution < -0.4 is 30.1 Å². The fraction of sp³-hybridized carbons (Fsp3) is 0.204. The molecule has 426 valence electrons. The molecule has 80 heavy (non-hydrogen) atoms. The molecular formula is C49H55N11O14S6. The molecule has 0 aliphatic rings. The molecule has 6 N–H and O–H groups in total. The first-order chi connectivity index (χ1) is 37.8. The van der Waals surface area contributed by atoms with Crippen LogP contribution in [0.4, 0.5) is 15.4 Å². The number of carbonyl (C=O) groups excluding carboxylic acids is 4. The van der Waals surface area contributed by atoms with Crippen LogP contribution >= 0.6 is 34.0 Å². The molecule has 0 bridgehead atoms. The molecule has 31 heteroatoms. The lowest BCUT2D eigenvalue weighted by molar-refractivity contribution is -0.142. The molecule has 3 amide bonds. The number of esters is 1. The smallest absolute Gasteiger partial charge is 0.328 e. The first-order valence-corrected chi connectivity index (χ1v) is 29.8. The van der Waals surface area contributed by atoms with Gasteiger partial charge >= 0.3 is 5.97 Å². The predicted octanol–water partition coefficient (Wildman–Crippen LogP) is 8.53. The Kier molecular flexibility index (Phi) is 20.3. The van der Waals surface area contributed by atoms with Gasteiger partial charge in [-0.3, -0.25) is 14.4 Å². The summed E-state index contributed by atoms with van der Waals surface area (Å²) in [4.78, 5) is 60.0. The van der Waals surface area contributed by atoms with Crippen molar-refractivity contribution < 1.29 is 68.1 Å². The number of benzene rings is 2. The van der Waals surface area contributed by atoms with Crippen LogP contribution in [0.25, 0.3) is 31.9 Å². The molecule has 2 atom stereocenters. The number of nitriles is 2. The molecule has 8 rings (SSSR count). The summed E-state index contributed by atoms with van der Waals surface area (Å²) >= 11 is 3.51. The lowest BCUT2D eigenvalue weighted by Crippen LogP contribution is -2.34. The summed E-state index contributed by atoms with van der Waals surface area (Å²) in [5.41, 5.74) is 2.74. The number of nitrogens with zero attached hydrogens (tertiary/aromatic N) is 5. The van der Waals surface area contributed by atoms with Crippen molar-refractivity contribution in [1.29, 1.82) is 10.5 Å². The summed E-state index contributed by atoms with van der Waals surface area (Å²) in [5, 5.41) is 25.7. The summed E-state index contributed by atoms with van der Waals surface area (Å²) in [6, 6.07) is 26.6. The van der Waals surface area contributed by atoms with Gasteiger partial charge in [-0.05, 0) is 68.3 Å². The maximum absolute atomic E-state index is 12.8. The molecule has 0 saturated heterocycles. The molecule has 6 aromatic heterocycles. The molecule has 2 unspecified atom stereocenters. The van der Waals surface area contributed by atoms with Gasteiger partial charge in [0.1, 0.15) is 29.4 Å². The molecule has 0 aliphatic heterocycles. The van der Waals surface area contributed by atoms with Crippen molar-refractivity contribution in [2.24, 2.45) is 0 Å². The number of hydrogen-bond donors (Lipinski definition) is 6. The molecule has 0 spiro atoms. The molecule has 0 saturated carbocycles. The maximum atomic E-state index is 12.8. The topological polar surface area (TPSA) is 378 Å². The van der Waals surface area contributed by atoms with Crippen LogP contribution in [0.1, 0.15) is 66.8 Å². The number of aryl methyl sites for hydroxylation is 3. The van der Waals surface area contributed by atoms with E-state index in [0.29, 0.717) is 69.8 Å². The third-order valence-corrected chi connectivity index (χ3v) is 17.3. The van der Waals surface area contributed by atoms with Crippen molar-refractivity contribution in [2.75, 3.05) is 29.6 Å². The zero-order chi connectivity index (χ0) is 58.5. The van der Waals surface area contributed by atoms with Gasteiger partial charge in [-0.2, -0.15) is 24.7 Å². The summed E-state index contributed by atoms with van der Waals surface area (Å²) in [6.45, 7) is 8.94. The van der Waals surface area contributed by atoms with Gasteiger partial charge < -0.3 is 33.9 Å². The summed E-state index contributed by atoms with van der Waals surface area (Å²) < 4.78 is 102. The second-order valence-corrected chi connectivity index (χ2v) is 24.3. The number of carbonyl (C=O) groups is 4. The van der Waals surface area contributed by atoms with Gasteiger partial charge in [0.15, 0.2) is 15.4 Å². The van der Waals surface area contributed by atoms with Gasteiger partial charge in [0, 0.05) is 26.5 Å². The molecule has 2 aromatic carbocycles. The highest BCUT2D eigenvalue weighted by atomic mass is 32.2. The normalized spacial score (nSPS) is 12.0. The Bertz CT molecular complexity index is 3990. The number of rotatable bonds is 18. The van der Waals surface area contributed by atoms with Crippen LogP contribution in [0.5, 0.6) is 0 Å². The van der Waals surface area contributed by atoms with Crippen molar-refractivity contribution in [3.63, 3.8) is 0 Å². The highest BCUT2D eigenvalue weighted by Gasteiger charge is 2.31. The fourth-order valence-electron chi connectivity index (χ4n) is 6.70. The number of amides is 3. The second kappa shape index (κ2) is 26.6. The van der Waals surface area contributed by atoms with Gasteiger partial charge in [-0.25, -0.2) is 45.0 Å². The average Bonchev–Trinajstić information content (AvgIpc) is 4.48. The number of aromatic nitrogens is 3. The van der Waals surface area contributed by atoms with E-state index in [1.54, 1.807) is 87.5 Å². The standard InChI is InChI=1S/C19H19N3O6S2.C18H16N4O4S2.C12H12N4O4S2.4H2/c1-11-17(29-19(20-11)21-12(2)23)14-9-10-15(28-14)30(25,26)22-16(18(24)27-3)13-7-5-4-6-8-13;1-11-17(27-18(20-11)21-12(2)23)15-8-9-16(26-15)28(24,25)22-14(10-19)13-6-4-3-5-7-13;1-7-11(21-12(15-7)16-8(2)17)9-3-4-10(20-9)22(18,19)14-6-5-13;;;;/h4-10,16,22H,1-3H3,(H,20,21,23);3-9,14,22H,1-2H3,(H,20,21,23);3-4,14H,6H2,1-2H3,(H,15,16,17);4*1H. The van der Waals surface area contributed by atoms with E-state index in [9.17, 15) is 49.7 Å². The van der Waals surface area contributed by atoms with Crippen molar-refractivity contribution in [1.82, 2.24) is 29.1 Å². The Morgan fingerprint density at radius 1 is 0.562 bits per heavy atom. The number of sulfonamides is 3. The zero-order valence-electron chi connectivity index (χ0n) is 43.0. The first kappa shape index (κ1) is 61.0. The van der Waals surface area contributed by atoms with Gasteiger partial charge in [-0.1, -0.05) is 94.7 Å². The minimum Gasteiger partial charge on any atom is -0.468 e. The van der Waals surface area contributed by atoms with Gasteiger partial charge in [0.25, 0.3) is 30.1 Å². The lowest BCUT2D eigenvalue weighted by atomic mass is 10.1. The average molecular weight is 1210 g/mol. The Labute approximate surface area is 476 Å². The van der Waals surface area contributed by atoms with Crippen molar-refractivity contribution >= 4 is 103 Å². The molecule has 0 radical (unpaired) electrons. The van der Waals surface area contributed by atoms with E-state index in [1.165, 1.54) is 87.0 Å². The second-order valence-electron chi connectivity index (χ2n) is 16.3. The Hall–Kier alpha value is -8.24. The van der Waals surface area contributed by atoms with Gasteiger partial charge in [0.05, 0.1) is 57.5 Å². The number of thiazole rings is 3. The molecule has 25 nitrogen and oxygen atoms in total. The van der Waals surface area contributed by atoms with Crippen molar-refractivity contribution in [3.05, 3.63) is 125 Å². The minimum atomic E-state index is -4.18. The summed E-state index contributed by atoms with van der Waals surface area (Å²) in [5.74, 6) is -0.619. The molecule has 0 aliphatic carbocycles. The van der Waals surface area contributed by atoms with E-state index in [0.717, 1.165) is 11.3 Å². The number of methoxy groups -OCH3 is 1. The van der Waals surface area contributed by atoms with Crippen molar-refractivity contribution in [2.45, 2.75) is 68.9 Å². The number of furan rings is 3. The van der Waals surface area contributed by atoms with Crippen LogP contribution in [0.2, 0.25) is 0 Å². The molecule has 0 fully saturated rings. The van der Waals surface area contributed by atoms with E-state index >= 15 is 0 Å². The largest absolute Gasteiger partial charge is 0.468 e. The lowest BCUT2D eigenvalue weighted by Gasteiger charge is -2.16. The monoisotopic (exact) mass is 1210 g/mol. The van der Waals surface area contributed by atoms with E-state index in [4.69, 9.17) is 23.3 Å². The zero-order valence-corrected chi connectivity index (χ0v) is 47.9. The van der Waals surface area contributed by atoms with E-state index in [2.05, 4.69) is 45.1 Å². The SMILES string of the molecule is CC(=O)Nc1nc(C)c(-c2ccc(S(=O)(=O)NC(C#N)c3ccccc3)o2)s1.CC(=O)Nc1nc(C)c(-c2ccc(S(=O)(=O)NCC#N)o2)s1.COC(=O)C(NS(=O)(=O)c1ccc(-c2sc(NC(C)=O)nc2C)o1)c1ccccc1.[HH].[HH].[HH].[HH]. The quantitative estimate of drug-likeness (QED) is 0.0346. The third kappa shape index (κ3) is 16.0. The Morgan fingerprint density at radius 3 is 1.27 bits per heavy atom. The van der Waals surface area contributed by atoms with Gasteiger partial charge in [0.2, 0.25) is 33.0 Å². The Morgan fingerprint density at radius 2 is 0.925 bits per heavy atom. The van der Waals surface area contributed by atoms with E-state index < -0.39 is 48.1 Å². The predicted molar refractivity (Wildman–Crippen MR) is 302 cm³/mol. The highest BCUT2D eigenvalue weighted by Crippen LogP contribution is 2.37. The summed E-state index contributed by atoms with van der Waals surface area (Å²) in [6.07, 6.45) is 0. The Balaban J connectivity index is 0.000000425. The van der Waals surface area contributed by atoms with Crippen LogP contribution in [0.3, 0.4) is 0 Å². The third-order valence-electron chi connectivity index (χ3n) is 10.2. The number of ether oxygens (including phenoxy) is 1. The first-order valence-electron chi connectivity index (χ1n) is 22.9. The minimum absolute atomic E-state index is 0. The van der Waals surface area contributed by atoms with Crippen molar-refractivity contribution in [3.8, 4) is 44.1 Å².